The number of benzene rings is 1. The van der Waals surface area contributed by atoms with Gasteiger partial charge in [0.25, 0.3) is 5.91 Å². The number of halogens is 1. The van der Waals surface area contributed by atoms with Crippen molar-refractivity contribution in [1.82, 2.24) is 9.62 Å². The van der Waals surface area contributed by atoms with E-state index in [1.165, 1.54) is 4.90 Å². The third-order valence-corrected chi connectivity index (χ3v) is 5.53. The second-order valence-corrected chi connectivity index (χ2v) is 8.04. The van der Waals surface area contributed by atoms with E-state index < -0.39 is 44.6 Å². The van der Waals surface area contributed by atoms with Crippen LogP contribution in [0.15, 0.2) is 23.1 Å². The largest absolute Gasteiger partial charge is 0.480 e. The van der Waals surface area contributed by atoms with E-state index >= 15 is 0 Å². The van der Waals surface area contributed by atoms with Gasteiger partial charge in [0.05, 0.1) is 10.5 Å². The van der Waals surface area contributed by atoms with Crippen molar-refractivity contribution in [3.05, 3.63) is 29.6 Å². The molecule has 1 aromatic rings. The van der Waals surface area contributed by atoms with Gasteiger partial charge in [-0.05, 0) is 37.0 Å². The zero-order valence-electron chi connectivity index (χ0n) is 14.0. The molecule has 9 heteroatoms. The van der Waals surface area contributed by atoms with Gasteiger partial charge in [0.15, 0.2) is 0 Å². The van der Waals surface area contributed by atoms with Crippen molar-refractivity contribution in [3.63, 3.8) is 0 Å². The normalized spacial score (nSPS) is 16.2. The van der Waals surface area contributed by atoms with Crippen molar-refractivity contribution in [3.8, 4) is 0 Å². The summed E-state index contributed by atoms with van der Waals surface area (Å²) in [4.78, 5) is 24.5. The number of carbonyl (C=O) groups excluding carboxylic acids is 1. The van der Waals surface area contributed by atoms with E-state index in [-0.39, 0.29) is 5.56 Å². The number of nitrogens with zero attached hydrogens (tertiary/aromatic N) is 1. The number of amides is 1. The maximum Gasteiger partial charge on any atom is 0.322 e. The Morgan fingerprint density at radius 1 is 1.24 bits per heavy atom. The smallest absolute Gasteiger partial charge is 0.322 e. The molecule has 0 aliphatic carbocycles. The lowest BCUT2D eigenvalue weighted by Gasteiger charge is -2.19. The van der Waals surface area contributed by atoms with Crippen LogP contribution < -0.4 is 4.72 Å². The molecular formula is C16H21FN2O5S. The van der Waals surface area contributed by atoms with Crippen molar-refractivity contribution >= 4 is 21.9 Å². The zero-order chi connectivity index (χ0) is 18.8. The molecule has 1 heterocycles. The number of likely N-dealkylation sites (tertiary alicyclic amines) is 1. The molecule has 0 spiro atoms. The van der Waals surface area contributed by atoms with Crippen LogP contribution in [0.2, 0.25) is 0 Å². The van der Waals surface area contributed by atoms with Gasteiger partial charge < -0.3 is 10.0 Å². The quantitative estimate of drug-likeness (QED) is 0.787. The lowest BCUT2D eigenvalue weighted by atomic mass is 10.1. The number of rotatable bonds is 6. The number of aliphatic carboxylic acids is 1. The number of hydrogen-bond donors (Lipinski definition) is 2. The first kappa shape index (κ1) is 19.3. The SMILES string of the molecule is CC(C)C(NS(=O)(=O)c1ccc(C(=O)N2CCCC2)c(F)c1)C(=O)O. The van der Waals surface area contributed by atoms with Gasteiger partial charge in [-0.1, -0.05) is 13.8 Å². The van der Waals surface area contributed by atoms with Gasteiger partial charge in [0.1, 0.15) is 11.9 Å². The third kappa shape index (κ3) is 4.35. The number of hydrogen-bond acceptors (Lipinski definition) is 4. The van der Waals surface area contributed by atoms with Gasteiger partial charge in [-0.25, -0.2) is 12.8 Å². The van der Waals surface area contributed by atoms with E-state index in [0.717, 1.165) is 31.0 Å². The molecule has 1 fully saturated rings. The highest BCUT2D eigenvalue weighted by Gasteiger charge is 2.29. The lowest BCUT2D eigenvalue weighted by Crippen LogP contribution is -2.44. The monoisotopic (exact) mass is 372 g/mol. The molecule has 2 N–H and O–H groups in total. The first-order valence-electron chi connectivity index (χ1n) is 7.97. The van der Waals surface area contributed by atoms with E-state index in [4.69, 9.17) is 5.11 Å². The molecule has 1 atom stereocenters. The van der Waals surface area contributed by atoms with Gasteiger partial charge in [-0.3, -0.25) is 9.59 Å². The standard InChI is InChI=1S/C16H21FN2O5S/c1-10(2)14(16(21)22)18-25(23,24)11-5-6-12(13(17)9-11)15(20)19-7-3-4-8-19/h5-6,9-10,14,18H,3-4,7-8H2,1-2H3,(H,21,22). The number of nitrogens with one attached hydrogen (secondary N) is 1. The molecule has 7 nitrogen and oxygen atoms in total. The Bertz CT molecular complexity index is 773. The van der Waals surface area contributed by atoms with Crippen LogP contribution in [0.5, 0.6) is 0 Å². The van der Waals surface area contributed by atoms with Crippen molar-refractivity contribution in [2.45, 2.75) is 37.6 Å². The fourth-order valence-electron chi connectivity index (χ4n) is 2.63. The van der Waals surface area contributed by atoms with Crippen molar-refractivity contribution in [2.24, 2.45) is 5.92 Å². The summed E-state index contributed by atoms with van der Waals surface area (Å²) in [5, 5.41) is 9.10. The van der Waals surface area contributed by atoms with Crippen LogP contribution in [0.25, 0.3) is 0 Å². The van der Waals surface area contributed by atoms with Crippen LogP contribution in [-0.4, -0.2) is 49.4 Å². The predicted molar refractivity (Wildman–Crippen MR) is 88.1 cm³/mol. The molecule has 1 aromatic carbocycles. The summed E-state index contributed by atoms with van der Waals surface area (Å²) in [7, 11) is -4.23. The summed E-state index contributed by atoms with van der Waals surface area (Å²) >= 11 is 0. The van der Waals surface area contributed by atoms with Crippen LogP contribution in [0.3, 0.4) is 0 Å². The fourth-order valence-corrected chi connectivity index (χ4v) is 3.98. The van der Waals surface area contributed by atoms with E-state index in [0.29, 0.717) is 13.1 Å². The lowest BCUT2D eigenvalue weighted by molar-refractivity contribution is -0.140. The second-order valence-electron chi connectivity index (χ2n) is 6.32. The summed E-state index contributed by atoms with van der Waals surface area (Å²) in [5.41, 5.74) is -0.195. The molecule has 25 heavy (non-hydrogen) atoms. The Kier molecular flexibility index (Phi) is 5.79. The fraction of sp³-hybridized carbons (Fsp3) is 0.500. The van der Waals surface area contributed by atoms with Crippen molar-refractivity contribution in [2.75, 3.05) is 13.1 Å². The Labute approximate surface area is 145 Å². The molecule has 2 rings (SSSR count). The Balaban J connectivity index is 2.26. The van der Waals surface area contributed by atoms with Gasteiger partial charge >= 0.3 is 5.97 Å². The number of sulfonamides is 1. The van der Waals surface area contributed by atoms with E-state index in [1.54, 1.807) is 13.8 Å². The highest BCUT2D eigenvalue weighted by molar-refractivity contribution is 7.89. The molecule has 1 aliphatic heterocycles. The Morgan fingerprint density at radius 2 is 1.84 bits per heavy atom. The highest BCUT2D eigenvalue weighted by atomic mass is 32.2. The molecule has 0 radical (unpaired) electrons. The molecule has 0 saturated carbocycles. The maximum absolute atomic E-state index is 14.3. The molecule has 0 aromatic heterocycles. The predicted octanol–water partition coefficient (Wildman–Crippen LogP) is 1.45. The minimum Gasteiger partial charge on any atom is -0.480 e. The molecule has 1 saturated heterocycles. The average molecular weight is 372 g/mol. The van der Waals surface area contributed by atoms with Crippen molar-refractivity contribution in [1.29, 1.82) is 0 Å². The van der Waals surface area contributed by atoms with Crippen LogP contribution >= 0.6 is 0 Å². The summed E-state index contributed by atoms with van der Waals surface area (Å²) in [6.45, 7) is 4.21. The minimum atomic E-state index is -4.23. The second kappa shape index (κ2) is 7.49. The van der Waals surface area contributed by atoms with Crippen LogP contribution in [0, 0.1) is 11.7 Å². The number of carboxylic acid groups (broad SMARTS) is 1. The molecule has 1 amide bonds. The van der Waals surface area contributed by atoms with Crippen molar-refractivity contribution < 1.29 is 27.5 Å². The summed E-state index contributed by atoms with van der Waals surface area (Å²) in [5.74, 6) is -3.23. The minimum absolute atomic E-state index is 0.195. The summed E-state index contributed by atoms with van der Waals surface area (Å²) in [6, 6.07) is 1.63. The first-order valence-corrected chi connectivity index (χ1v) is 9.46. The zero-order valence-corrected chi connectivity index (χ0v) is 14.8. The number of carboxylic acids is 1. The van der Waals surface area contributed by atoms with Crippen LogP contribution in [0.4, 0.5) is 4.39 Å². The maximum atomic E-state index is 14.3. The molecule has 0 bridgehead atoms. The highest BCUT2D eigenvalue weighted by Crippen LogP contribution is 2.20. The van der Waals surface area contributed by atoms with Gasteiger partial charge in [-0.2, -0.15) is 4.72 Å². The molecular weight excluding hydrogens is 351 g/mol. The Hall–Kier alpha value is -2.00. The van der Waals surface area contributed by atoms with Crippen LogP contribution in [0.1, 0.15) is 37.0 Å². The number of carbonyl (C=O) groups is 2. The van der Waals surface area contributed by atoms with E-state index in [2.05, 4.69) is 4.72 Å². The van der Waals surface area contributed by atoms with Gasteiger partial charge in [0, 0.05) is 13.1 Å². The van der Waals surface area contributed by atoms with Gasteiger partial charge in [-0.15, -0.1) is 0 Å². The van der Waals surface area contributed by atoms with Crippen LogP contribution in [-0.2, 0) is 14.8 Å². The van der Waals surface area contributed by atoms with E-state index in [1.807, 2.05) is 0 Å². The topological polar surface area (TPSA) is 104 Å². The molecule has 1 unspecified atom stereocenters. The summed E-state index contributed by atoms with van der Waals surface area (Å²) in [6.07, 6.45) is 1.71. The van der Waals surface area contributed by atoms with E-state index in [9.17, 15) is 22.4 Å². The third-order valence-electron chi connectivity index (χ3n) is 4.09. The Morgan fingerprint density at radius 3 is 2.32 bits per heavy atom. The molecule has 1 aliphatic rings. The first-order chi connectivity index (χ1) is 11.6. The summed E-state index contributed by atoms with van der Waals surface area (Å²) < 4.78 is 40.9. The molecule has 138 valence electrons. The average Bonchev–Trinajstić information content (AvgIpc) is 3.05. The van der Waals surface area contributed by atoms with Gasteiger partial charge in [0.2, 0.25) is 10.0 Å².